The second-order valence-corrected chi connectivity index (χ2v) is 4.72. The molecule has 1 unspecified atom stereocenters. The first-order valence-corrected chi connectivity index (χ1v) is 6.62. The molecule has 2 rings (SSSR count). The van der Waals surface area contributed by atoms with Crippen molar-refractivity contribution >= 4 is 5.91 Å². The third kappa shape index (κ3) is 3.15. The highest BCUT2D eigenvalue weighted by Crippen LogP contribution is 2.19. The molecule has 1 amide bonds. The van der Waals surface area contributed by atoms with Crippen molar-refractivity contribution < 1.29 is 9.90 Å². The van der Waals surface area contributed by atoms with Crippen LogP contribution in [0, 0.1) is 6.92 Å². The molecule has 1 aromatic carbocycles. The van der Waals surface area contributed by atoms with Crippen LogP contribution in [0.3, 0.4) is 0 Å². The van der Waals surface area contributed by atoms with Gasteiger partial charge in [-0.25, -0.2) is 0 Å². The van der Waals surface area contributed by atoms with E-state index in [1.807, 2.05) is 19.1 Å². The number of hydrogen-bond donors (Lipinski definition) is 2. The third-order valence-electron chi connectivity index (χ3n) is 3.26. The Bertz CT molecular complexity index is 597. The number of rotatable bonds is 4. The van der Waals surface area contributed by atoms with Crippen LogP contribution in [0.25, 0.3) is 0 Å². The molecule has 0 radical (unpaired) electrons. The lowest BCUT2D eigenvalue weighted by Gasteiger charge is -2.17. The summed E-state index contributed by atoms with van der Waals surface area (Å²) in [6.07, 6.45) is 4.26. The summed E-state index contributed by atoms with van der Waals surface area (Å²) in [6, 6.07) is 8.58. The van der Waals surface area contributed by atoms with Gasteiger partial charge in [-0.15, -0.1) is 0 Å². The van der Waals surface area contributed by atoms with Gasteiger partial charge in [-0.1, -0.05) is 13.0 Å². The number of aromatic nitrogens is 1. The molecule has 4 heteroatoms. The van der Waals surface area contributed by atoms with Crippen molar-refractivity contribution in [1.82, 2.24) is 10.3 Å². The van der Waals surface area contributed by atoms with Crippen molar-refractivity contribution in [3.63, 3.8) is 0 Å². The summed E-state index contributed by atoms with van der Waals surface area (Å²) in [5.41, 5.74) is 2.22. The fourth-order valence-corrected chi connectivity index (χ4v) is 2.04. The molecule has 4 nitrogen and oxygen atoms in total. The Balaban J connectivity index is 2.15. The zero-order valence-electron chi connectivity index (χ0n) is 11.6. The number of hydrogen-bond acceptors (Lipinski definition) is 3. The third-order valence-corrected chi connectivity index (χ3v) is 3.26. The highest BCUT2D eigenvalue weighted by atomic mass is 16.3. The number of nitrogens with zero attached hydrogens (tertiary/aromatic N) is 1. The van der Waals surface area contributed by atoms with Crippen molar-refractivity contribution in [2.45, 2.75) is 26.3 Å². The molecule has 0 aliphatic rings. The first-order valence-electron chi connectivity index (χ1n) is 6.62. The number of amides is 1. The average Bonchev–Trinajstić information content (AvgIpc) is 2.48. The predicted octanol–water partition coefficient (Wildman–Crippen LogP) is 2.98. The summed E-state index contributed by atoms with van der Waals surface area (Å²) < 4.78 is 0. The van der Waals surface area contributed by atoms with Crippen LogP contribution in [0.15, 0.2) is 42.7 Å². The van der Waals surface area contributed by atoms with Gasteiger partial charge >= 0.3 is 0 Å². The van der Waals surface area contributed by atoms with Gasteiger partial charge in [0.15, 0.2) is 0 Å². The molecule has 0 fully saturated rings. The normalized spacial score (nSPS) is 11.9. The van der Waals surface area contributed by atoms with Crippen LogP contribution in [0.4, 0.5) is 0 Å². The molecule has 20 heavy (non-hydrogen) atoms. The minimum atomic E-state index is -0.149. The summed E-state index contributed by atoms with van der Waals surface area (Å²) in [7, 11) is 0. The molecule has 1 aromatic heterocycles. The zero-order valence-corrected chi connectivity index (χ0v) is 11.6. The SMILES string of the molecule is CCC(NC(=O)c1ccc(O)c(C)c1)c1cccnc1. The summed E-state index contributed by atoms with van der Waals surface area (Å²) in [5.74, 6) is 0.0460. The molecule has 2 N–H and O–H groups in total. The average molecular weight is 270 g/mol. The van der Waals surface area contributed by atoms with Crippen LogP contribution in [-0.2, 0) is 0 Å². The number of phenolic OH excluding ortho intramolecular Hbond substituents is 1. The van der Waals surface area contributed by atoms with E-state index in [2.05, 4.69) is 10.3 Å². The molecule has 2 aromatic rings. The van der Waals surface area contributed by atoms with Gasteiger partial charge in [0.25, 0.3) is 5.91 Å². The summed E-state index contributed by atoms with van der Waals surface area (Å²) in [4.78, 5) is 16.3. The maximum absolute atomic E-state index is 12.2. The van der Waals surface area contributed by atoms with Crippen molar-refractivity contribution in [2.24, 2.45) is 0 Å². The number of carbonyl (C=O) groups excluding carboxylic acids is 1. The van der Waals surface area contributed by atoms with Gasteiger partial charge < -0.3 is 10.4 Å². The van der Waals surface area contributed by atoms with Crippen molar-refractivity contribution in [3.8, 4) is 5.75 Å². The largest absolute Gasteiger partial charge is 0.508 e. The van der Waals surface area contributed by atoms with E-state index in [0.717, 1.165) is 12.0 Å². The van der Waals surface area contributed by atoms with Gasteiger partial charge in [-0.2, -0.15) is 0 Å². The molecule has 104 valence electrons. The smallest absolute Gasteiger partial charge is 0.251 e. The number of benzene rings is 1. The van der Waals surface area contributed by atoms with E-state index >= 15 is 0 Å². The van der Waals surface area contributed by atoms with Crippen molar-refractivity contribution in [2.75, 3.05) is 0 Å². The topological polar surface area (TPSA) is 62.2 Å². The maximum Gasteiger partial charge on any atom is 0.251 e. The Morgan fingerprint density at radius 2 is 2.20 bits per heavy atom. The van der Waals surface area contributed by atoms with Crippen molar-refractivity contribution in [1.29, 1.82) is 0 Å². The van der Waals surface area contributed by atoms with E-state index in [4.69, 9.17) is 0 Å². The summed E-state index contributed by atoms with van der Waals surface area (Å²) in [5, 5.41) is 12.5. The first kappa shape index (κ1) is 14.1. The van der Waals surface area contributed by atoms with Crippen LogP contribution >= 0.6 is 0 Å². The highest BCUT2D eigenvalue weighted by molar-refractivity contribution is 5.94. The van der Waals surface area contributed by atoms with Crippen LogP contribution in [0.2, 0.25) is 0 Å². The summed E-state index contributed by atoms with van der Waals surface area (Å²) in [6.45, 7) is 3.78. The number of aromatic hydroxyl groups is 1. The van der Waals surface area contributed by atoms with Crippen LogP contribution < -0.4 is 5.32 Å². The van der Waals surface area contributed by atoms with Gasteiger partial charge in [0.1, 0.15) is 5.75 Å². The fourth-order valence-electron chi connectivity index (χ4n) is 2.04. The minimum absolute atomic E-state index is 0.0645. The molecule has 0 spiro atoms. The molecular formula is C16H18N2O2. The first-order chi connectivity index (χ1) is 9.61. The maximum atomic E-state index is 12.2. The Kier molecular flexibility index (Phi) is 4.35. The van der Waals surface area contributed by atoms with Crippen LogP contribution in [0.1, 0.15) is 40.9 Å². The number of pyridine rings is 1. The van der Waals surface area contributed by atoms with Crippen LogP contribution in [0.5, 0.6) is 5.75 Å². The number of aryl methyl sites for hydroxylation is 1. The molecule has 0 bridgehead atoms. The second-order valence-electron chi connectivity index (χ2n) is 4.72. The van der Waals surface area contributed by atoms with Gasteiger partial charge in [0.2, 0.25) is 0 Å². The van der Waals surface area contributed by atoms with E-state index in [1.54, 1.807) is 31.5 Å². The quantitative estimate of drug-likeness (QED) is 0.897. The minimum Gasteiger partial charge on any atom is -0.508 e. The van der Waals surface area contributed by atoms with E-state index in [-0.39, 0.29) is 17.7 Å². The summed E-state index contributed by atoms with van der Waals surface area (Å²) >= 11 is 0. The number of carbonyl (C=O) groups is 1. The fraction of sp³-hybridized carbons (Fsp3) is 0.250. The van der Waals surface area contributed by atoms with Crippen molar-refractivity contribution in [3.05, 3.63) is 59.4 Å². The second kappa shape index (κ2) is 6.19. The van der Waals surface area contributed by atoms with E-state index in [1.165, 1.54) is 6.07 Å². The predicted molar refractivity (Wildman–Crippen MR) is 77.6 cm³/mol. The molecule has 0 aliphatic carbocycles. The van der Waals surface area contributed by atoms with E-state index in [9.17, 15) is 9.90 Å². The van der Waals surface area contributed by atoms with Crippen LogP contribution in [-0.4, -0.2) is 16.0 Å². The number of nitrogens with one attached hydrogen (secondary N) is 1. The lowest BCUT2D eigenvalue weighted by atomic mass is 10.1. The monoisotopic (exact) mass is 270 g/mol. The van der Waals surface area contributed by atoms with E-state index < -0.39 is 0 Å². The highest BCUT2D eigenvalue weighted by Gasteiger charge is 2.14. The molecule has 1 heterocycles. The number of phenols is 1. The Morgan fingerprint density at radius 3 is 2.80 bits per heavy atom. The molecule has 0 saturated carbocycles. The van der Waals surface area contributed by atoms with E-state index in [0.29, 0.717) is 11.1 Å². The zero-order chi connectivity index (χ0) is 14.5. The Labute approximate surface area is 118 Å². The molecular weight excluding hydrogens is 252 g/mol. The van der Waals surface area contributed by atoms with Gasteiger partial charge in [0, 0.05) is 18.0 Å². The van der Waals surface area contributed by atoms with Gasteiger partial charge in [-0.3, -0.25) is 9.78 Å². The standard InChI is InChI=1S/C16H18N2O2/c1-3-14(13-5-4-8-17-10-13)18-16(20)12-6-7-15(19)11(2)9-12/h4-10,14,19H,3H2,1-2H3,(H,18,20). The Hall–Kier alpha value is -2.36. The molecule has 1 atom stereocenters. The Morgan fingerprint density at radius 1 is 1.40 bits per heavy atom. The lowest BCUT2D eigenvalue weighted by Crippen LogP contribution is -2.28. The lowest BCUT2D eigenvalue weighted by molar-refractivity contribution is 0.0935. The van der Waals surface area contributed by atoms with Gasteiger partial charge in [-0.05, 0) is 48.7 Å². The van der Waals surface area contributed by atoms with Gasteiger partial charge in [0.05, 0.1) is 6.04 Å². The molecule has 0 saturated heterocycles. The molecule has 0 aliphatic heterocycles.